The fourth-order valence-electron chi connectivity index (χ4n) is 3.86. The molecule has 0 radical (unpaired) electrons. The van der Waals surface area contributed by atoms with E-state index < -0.39 is 31.1 Å². The second-order valence-corrected chi connectivity index (χ2v) is 12.0. The topological polar surface area (TPSA) is 102 Å². The minimum Gasteiger partial charge on any atom is -0.466 e. The number of alkyl carbamates (subject to hydrolysis) is 1. The lowest BCUT2D eigenvalue weighted by Crippen LogP contribution is -2.38. The molecule has 3 rings (SSSR count). The molecule has 0 spiro atoms. The maximum atomic E-state index is 13.8. The molecule has 0 aromatic heterocycles. The smallest absolute Gasteiger partial charge is 0.408 e. The largest absolute Gasteiger partial charge is 0.466 e. The lowest BCUT2D eigenvalue weighted by Gasteiger charge is -2.27. The van der Waals surface area contributed by atoms with Crippen LogP contribution in [0.3, 0.4) is 0 Å². The average Bonchev–Trinajstić information content (AvgIpc) is 2.89. The zero-order valence-electron chi connectivity index (χ0n) is 20.6. The van der Waals surface area contributed by atoms with Gasteiger partial charge in [0.15, 0.2) is 0 Å². The summed E-state index contributed by atoms with van der Waals surface area (Å²) in [6.07, 6.45) is -0.825. The highest BCUT2D eigenvalue weighted by Crippen LogP contribution is 2.48. The van der Waals surface area contributed by atoms with Crippen LogP contribution in [0.15, 0.2) is 89.4 Å². The molecular weight excluding hydrogens is 557 g/mol. The summed E-state index contributed by atoms with van der Waals surface area (Å²) in [6.45, 7) is 1.87. The summed E-state index contributed by atoms with van der Waals surface area (Å²) in [7, 11) is -4.12. The van der Waals surface area contributed by atoms with Crippen molar-refractivity contribution in [2.45, 2.75) is 32.2 Å². The summed E-state index contributed by atoms with van der Waals surface area (Å²) in [6, 6.07) is 25.6. The average molecular weight is 588 g/mol. The molecule has 196 valence electrons. The summed E-state index contributed by atoms with van der Waals surface area (Å²) in [5.74, 6) is -2.57. The molecule has 0 fully saturated rings. The minimum absolute atomic E-state index is 0.0233. The molecule has 0 aliphatic rings. The first-order valence-electron chi connectivity index (χ1n) is 12.0. The van der Waals surface area contributed by atoms with Gasteiger partial charge in [-0.1, -0.05) is 88.7 Å². The molecule has 0 saturated carbocycles. The van der Waals surface area contributed by atoms with Crippen molar-refractivity contribution < 1.29 is 28.5 Å². The fraction of sp³-hybridized carbons (Fsp3) is 0.286. The van der Waals surface area contributed by atoms with E-state index in [2.05, 4.69) is 21.2 Å². The molecule has 0 saturated heterocycles. The molecule has 3 atom stereocenters. The van der Waals surface area contributed by atoms with Crippen molar-refractivity contribution in [3.05, 3.63) is 106 Å². The van der Waals surface area contributed by atoms with Gasteiger partial charge in [0, 0.05) is 17.1 Å². The summed E-state index contributed by atoms with van der Waals surface area (Å²) < 4.78 is 25.2. The first-order valence-corrected chi connectivity index (χ1v) is 14.7. The van der Waals surface area contributed by atoms with Crippen LogP contribution in [0.4, 0.5) is 4.79 Å². The number of benzene rings is 3. The highest BCUT2D eigenvalue weighted by atomic mass is 79.9. The lowest BCUT2D eigenvalue weighted by atomic mass is 10.0. The summed E-state index contributed by atoms with van der Waals surface area (Å²) >= 11 is 3.39. The first-order chi connectivity index (χ1) is 17.8. The molecule has 2 N–H and O–H groups in total. The predicted octanol–water partition coefficient (Wildman–Crippen LogP) is 5.94. The third-order valence-corrected chi connectivity index (χ3v) is 8.53. The molecule has 0 aliphatic heterocycles. The number of carbonyl (C=O) groups is 2. The van der Waals surface area contributed by atoms with Crippen molar-refractivity contribution in [3.8, 4) is 0 Å². The highest BCUT2D eigenvalue weighted by molar-refractivity contribution is 9.10. The van der Waals surface area contributed by atoms with Gasteiger partial charge in [-0.15, -0.1) is 0 Å². The molecule has 37 heavy (non-hydrogen) atoms. The van der Waals surface area contributed by atoms with Crippen molar-refractivity contribution in [3.63, 3.8) is 0 Å². The zero-order chi connectivity index (χ0) is 26.7. The number of carbonyl (C=O) groups excluding carboxylic acids is 2. The zero-order valence-corrected chi connectivity index (χ0v) is 23.1. The summed E-state index contributed by atoms with van der Waals surface area (Å²) in [5, 5.41) is 2.59. The van der Waals surface area contributed by atoms with Crippen LogP contribution < -0.4 is 5.32 Å². The van der Waals surface area contributed by atoms with Gasteiger partial charge in [-0.25, -0.2) is 4.79 Å². The molecule has 0 heterocycles. The molecule has 3 aromatic rings. The van der Waals surface area contributed by atoms with Gasteiger partial charge < -0.3 is 19.7 Å². The van der Waals surface area contributed by atoms with Gasteiger partial charge in [0.05, 0.1) is 12.5 Å². The number of amides is 1. The third-order valence-electron chi connectivity index (χ3n) is 5.75. The monoisotopic (exact) mass is 587 g/mol. The van der Waals surface area contributed by atoms with Crippen LogP contribution in [0.1, 0.15) is 23.6 Å². The van der Waals surface area contributed by atoms with E-state index in [4.69, 9.17) is 9.47 Å². The Morgan fingerprint density at radius 1 is 0.865 bits per heavy atom. The van der Waals surface area contributed by atoms with Crippen LogP contribution in [-0.2, 0) is 38.3 Å². The molecule has 0 aliphatic carbocycles. The second-order valence-electron chi connectivity index (χ2n) is 8.63. The SMILES string of the molecule is CCOC(=O)C(Cc1ccc(Br)cc1)CP(=O)(O)C(Cc1ccccc1)NC(=O)OCc1ccccc1. The first kappa shape index (κ1) is 28.6. The quantitative estimate of drug-likeness (QED) is 0.201. The van der Waals surface area contributed by atoms with Crippen molar-refractivity contribution >= 4 is 35.4 Å². The van der Waals surface area contributed by atoms with Crippen LogP contribution in [0.5, 0.6) is 0 Å². The number of rotatable bonds is 12. The van der Waals surface area contributed by atoms with Gasteiger partial charge >= 0.3 is 12.1 Å². The Morgan fingerprint density at radius 2 is 1.43 bits per heavy atom. The van der Waals surface area contributed by atoms with Gasteiger partial charge in [0.1, 0.15) is 12.4 Å². The van der Waals surface area contributed by atoms with Gasteiger partial charge in [-0.2, -0.15) is 0 Å². The molecule has 3 unspecified atom stereocenters. The van der Waals surface area contributed by atoms with Crippen LogP contribution in [-0.4, -0.2) is 35.5 Å². The van der Waals surface area contributed by atoms with Gasteiger partial charge in [-0.05, 0) is 42.2 Å². The van der Waals surface area contributed by atoms with E-state index in [0.717, 1.165) is 21.2 Å². The third kappa shape index (κ3) is 9.47. The van der Waals surface area contributed by atoms with Crippen LogP contribution in [0, 0.1) is 5.92 Å². The van der Waals surface area contributed by atoms with Crippen LogP contribution >= 0.6 is 23.3 Å². The minimum atomic E-state index is -4.12. The van der Waals surface area contributed by atoms with E-state index in [9.17, 15) is 19.0 Å². The van der Waals surface area contributed by atoms with Crippen LogP contribution in [0.2, 0.25) is 0 Å². The van der Waals surface area contributed by atoms with Gasteiger partial charge in [0.2, 0.25) is 7.37 Å². The number of esters is 1. The van der Waals surface area contributed by atoms with Crippen LogP contribution in [0.25, 0.3) is 0 Å². The van der Waals surface area contributed by atoms with Gasteiger partial charge in [-0.3, -0.25) is 9.36 Å². The van der Waals surface area contributed by atoms with E-state index in [1.165, 1.54) is 0 Å². The Balaban J connectivity index is 1.79. The van der Waals surface area contributed by atoms with Gasteiger partial charge in [0.25, 0.3) is 0 Å². The summed E-state index contributed by atoms with van der Waals surface area (Å²) in [4.78, 5) is 36.7. The molecular formula is C28H31BrNO6P. The number of hydrogen-bond donors (Lipinski definition) is 2. The normalized spacial score (nSPS) is 14.1. The van der Waals surface area contributed by atoms with Crippen molar-refractivity contribution in [1.82, 2.24) is 5.32 Å². The molecule has 9 heteroatoms. The van der Waals surface area contributed by atoms with Crippen molar-refractivity contribution in [1.29, 1.82) is 0 Å². The summed E-state index contributed by atoms with van der Waals surface area (Å²) in [5.41, 5.74) is 2.39. The van der Waals surface area contributed by atoms with E-state index in [0.29, 0.717) is 0 Å². The Hall–Kier alpha value is -2.93. The Bertz CT molecular complexity index is 1190. The fourth-order valence-corrected chi connectivity index (χ4v) is 6.10. The molecule has 7 nitrogen and oxygen atoms in total. The van der Waals surface area contributed by atoms with E-state index in [-0.39, 0.29) is 32.2 Å². The number of halogens is 1. The van der Waals surface area contributed by atoms with E-state index in [1.807, 2.05) is 84.9 Å². The Kier molecular flexibility index (Phi) is 10.9. The highest BCUT2D eigenvalue weighted by Gasteiger charge is 2.38. The Morgan fingerprint density at radius 3 is 2.03 bits per heavy atom. The van der Waals surface area contributed by atoms with E-state index >= 15 is 0 Å². The standard InChI is InChI=1S/C28H31BrNO6P/c1-2-35-27(31)24(17-22-13-15-25(29)16-14-22)20-37(33,34)26(18-21-9-5-3-6-10-21)30-28(32)36-19-23-11-7-4-8-12-23/h3-16,24,26H,2,17-20H2,1H3,(H,30,32)(H,33,34). The van der Waals surface area contributed by atoms with E-state index in [1.54, 1.807) is 6.92 Å². The number of ether oxygens (including phenoxy) is 2. The molecule has 3 aromatic carbocycles. The van der Waals surface area contributed by atoms with Crippen molar-refractivity contribution in [2.75, 3.05) is 12.8 Å². The maximum absolute atomic E-state index is 13.8. The lowest BCUT2D eigenvalue weighted by molar-refractivity contribution is -0.147. The predicted molar refractivity (Wildman–Crippen MR) is 146 cm³/mol. The Labute approximate surface area is 225 Å². The second kappa shape index (κ2) is 14.1. The maximum Gasteiger partial charge on any atom is 0.408 e. The number of hydrogen-bond acceptors (Lipinski definition) is 5. The number of nitrogens with one attached hydrogen (secondary N) is 1. The van der Waals surface area contributed by atoms with Crippen molar-refractivity contribution in [2.24, 2.45) is 5.92 Å². The molecule has 1 amide bonds. The molecule has 0 bridgehead atoms.